The molecular formula is C23H26N2O. The van der Waals surface area contributed by atoms with Crippen LogP contribution in [0.3, 0.4) is 0 Å². The lowest BCUT2D eigenvalue weighted by molar-refractivity contribution is -0.131. The van der Waals surface area contributed by atoms with Crippen LogP contribution in [0.15, 0.2) is 54.7 Å². The van der Waals surface area contributed by atoms with Crippen molar-refractivity contribution >= 4 is 16.8 Å². The summed E-state index contributed by atoms with van der Waals surface area (Å²) in [6, 6.07) is 17.3. The van der Waals surface area contributed by atoms with E-state index in [-0.39, 0.29) is 5.91 Å². The summed E-state index contributed by atoms with van der Waals surface area (Å²) < 4.78 is 0. The van der Waals surface area contributed by atoms with Crippen molar-refractivity contribution in [1.82, 2.24) is 9.88 Å². The number of para-hydroxylation sites is 1. The molecule has 0 unspecified atom stereocenters. The number of benzene rings is 2. The maximum atomic E-state index is 13.0. The van der Waals surface area contributed by atoms with E-state index in [1.54, 1.807) is 0 Å². The highest BCUT2D eigenvalue weighted by molar-refractivity contribution is 5.89. The number of nitrogens with zero attached hydrogens (tertiary/aromatic N) is 1. The molecule has 1 aromatic heterocycles. The molecule has 0 atom stereocenters. The van der Waals surface area contributed by atoms with Crippen molar-refractivity contribution < 1.29 is 4.79 Å². The number of carbonyl (C=O) groups is 1. The van der Waals surface area contributed by atoms with Crippen molar-refractivity contribution in [2.75, 3.05) is 0 Å². The minimum absolute atomic E-state index is 0.227. The molecule has 3 nitrogen and oxygen atoms in total. The molecule has 0 spiro atoms. The van der Waals surface area contributed by atoms with Gasteiger partial charge in [-0.05, 0) is 41.5 Å². The van der Waals surface area contributed by atoms with Crippen molar-refractivity contribution in [2.24, 2.45) is 0 Å². The monoisotopic (exact) mass is 346 g/mol. The number of aromatic nitrogens is 1. The van der Waals surface area contributed by atoms with Crippen LogP contribution in [-0.2, 0) is 17.8 Å². The number of nitrogens with one attached hydrogen (secondary N) is 1. The fraction of sp³-hybridized carbons (Fsp3) is 0.348. The predicted molar refractivity (Wildman–Crippen MR) is 106 cm³/mol. The van der Waals surface area contributed by atoms with Crippen LogP contribution in [0.25, 0.3) is 10.9 Å². The van der Waals surface area contributed by atoms with E-state index in [1.165, 1.54) is 11.1 Å². The van der Waals surface area contributed by atoms with E-state index in [0.717, 1.165) is 29.3 Å². The van der Waals surface area contributed by atoms with E-state index in [0.29, 0.717) is 24.9 Å². The van der Waals surface area contributed by atoms with Gasteiger partial charge in [-0.1, -0.05) is 56.3 Å². The Kier molecular flexibility index (Phi) is 4.54. The Hall–Kier alpha value is -2.55. The van der Waals surface area contributed by atoms with E-state index < -0.39 is 0 Å². The normalized spacial score (nSPS) is 14.1. The van der Waals surface area contributed by atoms with E-state index >= 15 is 0 Å². The maximum Gasteiger partial charge on any atom is 0.227 e. The van der Waals surface area contributed by atoms with Gasteiger partial charge in [0.15, 0.2) is 0 Å². The molecule has 0 radical (unpaired) electrons. The molecule has 1 aliphatic carbocycles. The molecule has 0 bridgehead atoms. The molecular weight excluding hydrogens is 320 g/mol. The maximum absolute atomic E-state index is 13.0. The van der Waals surface area contributed by atoms with Crippen LogP contribution in [0, 0.1) is 0 Å². The quantitative estimate of drug-likeness (QED) is 0.668. The van der Waals surface area contributed by atoms with Gasteiger partial charge in [0.2, 0.25) is 5.91 Å². The highest BCUT2D eigenvalue weighted by Crippen LogP contribution is 2.30. The van der Waals surface area contributed by atoms with E-state index in [9.17, 15) is 4.79 Å². The van der Waals surface area contributed by atoms with Gasteiger partial charge < -0.3 is 9.88 Å². The first-order valence-electron chi connectivity index (χ1n) is 9.55. The first kappa shape index (κ1) is 16.9. The summed E-state index contributed by atoms with van der Waals surface area (Å²) in [4.78, 5) is 18.4. The largest absolute Gasteiger partial charge is 0.361 e. The summed E-state index contributed by atoms with van der Waals surface area (Å²) in [5.74, 6) is 0.761. The Balaban J connectivity index is 1.50. The minimum atomic E-state index is 0.227. The predicted octanol–water partition coefficient (Wildman–Crippen LogP) is 5.03. The van der Waals surface area contributed by atoms with Crippen LogP contribution in [-0.4, -0.2) is 21.8 Å². The average molecular weight is 346 g/mol. The van der Waals surface area contributed by atoms with Crippen LogP contribution in [0.2, 0.25) is 0 Å². The number of hydrogen-bond acceptors (Lipinski definition) is 1. The van der Waals surface area contributed by atoms with Crippen LogP contribution < -0.4 is 0 Å². The average Bonchev–Trinajstić information content (AvgIpc) is 3.41. The van der Waals surface area contributed by atoms with Gasteiger partial charge in [-0.2, -0.15) is 0 Å². The van der Waals surface area contributed by atoms with Crippen LogP contribution in [0.1, 0.15) is 49.3 Å². The topological polar surface area (TPSA) is 36.1 Å². The molecule has 3 aromatic rings. The van der Waals surface area contributed by atoms with Gasteiger partial charge >= 0.3 is 0 Å². The molecule has 0 aliphatic heterocycles. The Morgan fingerprint density at radius 1 is 1.12 bits per heavy atom. The van der Waals surface area contributed by atoms with E-state index in [1.807, 2.05) is 18.3 Å². The summed E-state index contributed by atoms with van der Waals surface area (Å²) in [5, 5.41) is 1.15. The molecule has 1 N–H and O–H groups in total. The number of amides is 1. The lowest BCUT2D eigenvalue weighted by Gasteiger charge is -2.23. The number of fused-ring (bicyclic) bond motifs is 1. The van der Waals surface area contributed by atoms with Crippen molar-refractivity contribution in [3.63, 3.8) is 0 Å². The Morgan fingerprint density at radius 3 is 2.54 bits per heavy atom. The van der Waals surface area contributed by atoms with Crippen molar-refractivity contribution in [2.45, 2.75) is 51.6 Å². The standard InChI is InChI=1S/C23H26N2O/c1-16(2)18-9-7-17(8-10-18)15-25(20-11-12-20)23(26)13-19-14-24-22-6-4-3-5-21(19)22/h3-10,14,16,20,24H,11-13,15H2,1-2H3. The molecule has 0 saturated heterocycles. The summed E-state index contributed by atoms with van der Waals surface area (Å²) in [5.41, 5.74) is 4.74. The number of aromatic amines is 1. The van der Waals surface area contributed by atoms with Crippen molar-refractivity contribution in [3.8, 4) is 0 Å². The minimum Gasteiger partial charge on any atom is -0.361 e. The van der Waals surface area contributed by atoms with E-state index in [4.69, 9.17) is 0 Å². The van der Waals surface area contributed by atoms with Gasteiger partial charge in [-0.25, -0.2) is 0 Å². The highest BCUT2D eigenvalue weighted by atomic mass is 16.2. The van der Waals surface area contributed by atoms with Gasteiger partial charge in [0.1, 0.15) is 0 Å². The molecule has 1 saturated carbocycles. The lowest BCUT2D eigenvalue weighted by atomic mass is 10.0. The molecule has 1 aliphatic rings. The Morgan fingerprint density at radius 2 is 1.85 bits per heavy atom. The Bertz CT molecular complexity index is 903. The molecule has 1 amide bonds. The molecule has 4 rings (SSSR count). The lowest BCUT2D eigenvalue weighted by Crippen LogP contribution is -2.33. The van der Waals surface area contributed by atoms with Gasteiger partial charge in [0.25, 0.3) is 0 Å². The third-order valence-corrected chi connectivity index (χ3v) is 5.32. The molecule has 3 heteroatoms. The number of hydrogen-bond donors (Lipinski definition) is 1. The molecule has 1 heterocycles. The van der Waals surface area contributed by atoms with Gasteiger partial charge in [-0.3, -0.25) is 4.79 Å². The van der Waals surface area contributed by atoms with E-state index in [2.05, 4.69) is 60.1 Å². The zero-order valence-corrected chi connectivity index (χ0v) is 15.5. The second-order valence-corrected chi connectivity index (χ2v) is 7.69. The van der Waals surface area contributed by atoms with Crippen LogP contribution >= 0.6 is 0 Å². The number of rotatable bonds is 6. The number of H-pyrrole nitrogens is 1. The molecule has 134 valence electrons. The smallest absolute Gasteiger partial charge is 0.227 e. The fourth-order valence-electron chi connectivity index (χ4n) is 3.55. The highest BCUT2D eigenvalue weighted by Gasteiger charge is 2.32. The summed E-state index contributed by atoms with van der Waals surface area (Å²) in [6.45, 7) is 5.12. The summed E-state index contributed by atoms with van der Waals surface area (Å²) >= 11 is 0. The molecule has 2 aromatic carbocycles. The summed E-state index contributed by atoms with van der Waals surface area (Å²) in [7, 11) is 0. The van der Waals surface area contributed by atoms with Gasteiger partial charge in [-0.15, -0.1) is 0 Å². The Labute approximate surface area is 155 Å². The second kappa shape index (κ2) is 6.99. The van der Waals surface area contributed by atoms with Crippen LogP contribution in [0.4, 0.5) is 0 Å². The van der Waals surface area contributed by atoms with Crippen molar-refractivity contribution in [1.29, 1.82) is 0 Å². The summed E-state index contributed by atoms with van der Waals surface area (Å²) in [6.07, 6.45) is 4.70. The first-order valence-corrected chi connectivity index (χ1v) is 9.55. The molecule has 26 heavy (non-hydrogen) atoms. The van der Waals surface area contributed by atoms with Gasteiger partial charge in [0, 0.05) is 29.7 Å². The SMILES string of the molecule is CC(C)c1ccc(CN(C(=O)Cc2c[nH]c3ccccc23)C2CC2)cc1. The third kappa shape index (κ3) is 3.52. The van der Waals surface area contributed by atoms with Crippen molar-refractivity contribution in [3.05, 3.63) is 71.4 Å². The second-order valence-electron chi connectivity index (χ2n) is 7.69. The first-order chi connectivity index (χ1) is 12.6. The number of carbonyl (C=O) groups excluding carboxylic acids is 1. The van der Waals surface area contributed by atoms with Crippen LogP contribution in [0.5, 0.6) is 0 Å². The third-order valence-electron chi connectivity index (χ3n) is 5.32. The zero-order valence-electron chi connectivity index (χ0n) is 15.5. The van der Waals surface area contributed by atoms with Gasteiger partial charge in [0.05, 0.1) is 6.42 Å². The zero-order chi connectivity index (χ0) is 18.1. The molecule has 1 fully saturated rings. The fourth-order valence-corrected chi connectivity index (χ4v) is 3.55.